The number of para-hydroxylation sites is 1. The van der Waals surface area contributed by atoms with Crippen LogP contribution in [-0.4, -0.2) is 29.2 Å². The fourth-order valence-corrected chi connectivity index (χ4v) is 1.88. The molecular weight excluding hydrogens is 280 g/mol. The second-order valence-corrected chi connectivity index (χ2v) is 4.82. The van der Waals surface area contributed by atoms with E-state index in [0.29, 0.717) is 25.5 Å². The molecule has 0 fully saturated rings. The van der Waals surface area contributed by atoms with Crippen LogP contribution in [0.25, 0.3) is 0 Å². The molecule has 0 unspecified atom stereocenters. The van der Waals surface area contributed by atoms with E-state index in [-0.39, 0.29) is 6.03 Å². The average molecular weight is 300 g/mol. The topological polar surface area (TPSA) is 76.1 Å². The van der Waals surface area contributed by atoms with Gasteiger partial charge in [0.1, 0.15) is 18.2 Å². The Morgan fingerprint density at radius 2 is 2.00 bits per heavy atom. The van der Waals surface area contributed by atoms with E-state index in [4.69, 9.17) is 4.74 Å². The first-order chi connectivity index (χ1) is 10.6. The predicted molar refractivity (Wildman–Crippen MR) is 83.7 cm³/mol. The summed E-state index contributed by atoms with van der Waals surface area (Å²) < 4.78 is 5.60. The number of ether oxygens (including phenoxy) is 1. The molecule has 0 bridgehead atoms. The van der Waals surface area contributed by atoms with Crippen LogP contribution in [-0.2, 0) is 6.54 Å². The first-order valence-corrected chi connectivity index (χ1v) is 7.14. The lowest BCUT2D eigenvalue weighted by Gasteiger charge is -2.10. The largest absolute Gasteiger partial charge is 0.491 e. The van der Waals surface area contributed by atoms with Crippen LogP contribution in [0.3, 0.4) is 0 Å². The summed E-state index contributed by atoms with van der Waals surface area (Å²) in [4.78, 5) is 19.9. The number of carbonyl (C=O) groups is 1. The van der Waals surface area contributed by atoms with Crippen molar-refractivity contribution in [3.8, 4) is 5.75 Å². The molecule has 2 aromatic rings. The molecule has 0 atom stereocenters. The Hall–Kier alpha value is -2.63. The SMILES string of the molecule is Cc1nccc(CNC(=O)NCCOc2ccccc2C)n1. The van der Waals surface area contributed by atoms with Crippen LogP contribution in [0.1, 0.15) is 17.1 Å². The maximum atomic E-state index is 11.7. The molecule has 0 aliphatic carbocycles. The highest BCUT2D eigenvalue weighted by Crippen LogP contribution is 2.15. The van der Waals surface area contributed by atoms with E-state index in [2.05, 4.69) is 20.6 Å². The first kappa shape index (κ1) is 15.8. The maximum Gasteiger partial charge on any atom is 0.315 e. The number of carbonyl (C=O) groups excluding carboxylic acids is 1. The summed E-state index contributed by atoms with van der Waals surface area (Å²) in [5, 5.41) is 5.48. The van der Waals surface area contributed by atoms with Crippen LogP contribution in [0.5, 0.6) is 5.75 Å². The van der Waals surface area contributed by atoms with Gasteiger partial charge in [-0.15, -0.1) is 0 Å². The van der Waals surface area contributed by atoms with Crippen LogP contribution in [0.15, 0.2) is 36.5 Å². The third-order valence-corrected chi connectivity index (χ3v) is 3.00. The summed E-state index contributed by atoms with van der Waals surface area (Å²) in [7, 11) is 0. The molecule has 0 saturated carbocycles. The number of nitrogens with one attached hydrogen (secondary N) is 2. The van der Waals surface area contributed by atoms with E-state index in [0.717, 1.165) is 17.0 Å². The fourth-order valence-electron chi connectivity index (χ4n) is 1.88. The fraction of sp³-hybridized carbons (Fsp3) is 0.312. The highest BCUT2D eigenvalue weighted by molar-refractivity contribution is 5.73. The monoisotopic (exact) mass is 300 g/mol. The quantitative estimate of drug-likeness (QED) is 0.800. The highest BCUT2D eigenvalue weighted by Gasteiger charge is 2.02. The Kier molecular flexibility index (Phi) is 5.71. The van der Waals surface area contributed by atoms with E-state index >= 15 is 0 Å². The number of nitrogens with zero attached hydrogens (tertiary/aromatic N) is 2. The standard InChI is InChI=1S/C16H20N4O2/c1-12-5-3-4-6-15(12)22-10-9-18-16(21)19-11-14-7-8-17-13(2)20-14/h3-8H,9-11H2,1-2H3,(H2,18,19,21). The summed E-state index contributed by atoms with van der Waals surface area (Å²) in [5.74, 6) is 1.52. The van der Waals surface area contributed by atoms with Crippen molar-refractivity contribution in [2.24, 2.45) is 0 Å². The predicted octanol–water partition coefficient (Wildman–Crippen LogP) is 1.97. The molecule has 116 valence electrons. The Balaban J connectivity index is 1.65. The third kappa shape index (κ3) is 5.05. The Morgan fingerprint density at radius 3 is 2.77 bits per heavy atom. The molecule has 0 aliphatic rings. The van der Waals surface area contributed by atoms with Gasteiger partial charge in [-0.2, -0.15) is 0 Å². The molecule has 0 radical (unpaired) electrons. The van der Waals surface area contributed by atoms with E-state index < -0.39 is 0 Å². The van der Waals surface area contributed by atoms with Gasteiger partial charge in [-0.25, -0.2) is 14.8 Å². The Morgan fingerprint density at radius 1 is 1.18 bits per heavy atom. The minimum Gasteiger partial charge on any atom is -0.491 e. The third-order valence-electron chi connectivity index (χ3n) is 3.00. The lowest BCUT2D eigenvalue weighted by Crippen LogP contribution is -2.37. The van der Waals surface area contributed by atoms with Crippen molar-refractivity contribution < 1.29 is 9.53 Å². The van der Waals surface area contributed by atoms with Gasteiger partial charge in [0.15, 0.2) is 0 Å². The van der Waals surface area contributed by atoms with Gasteiger partial charge in [0.25, 0.3) is 0 Å². The smallest absolute Gasteiger partial charge is 0.315 e. The molecule has 0 aliphatic heterocycles. The summed E-state index contributed by atoms with van der Waals surface area (Å²) >= 11 is 0. The molecule has 1 heterocycles. The highest BCUT2D eigenvalue weighted by atomic mass is 16.5. The molecule has 6 heteroatoms. The lowest BCUT2D eigenvalue weighted by atomic mass is 10.2. The van der Waals surface area contributed by atoms with E-state index in [1.54, 1.807) is 12.3 Å². The van der Waals surface area contributed by atoms with Crippen molar-refractivity contribution in [3.05, 3.63) is 53.6 Å². The molecule has 0 spiro atoms. The maximum absolute atomic E-state index is 11.7. The molecular formula is C16H20N4O2. The van der Waals surface area contributed by atoms with Crippen LogP contribution < -0.4 is 15.4 Å². The number of hydrogen-bond acceptors (Lipinski definition) is 4. The summed E-state index contributed by atoms with van der Waals surface area (Å²) in [5.41, 5.74) is 1.85. The van der Waals surface area contributed by atoms with Gasteiger partial charge in [0.2, 0.25) is 0 Å². The zero-order chi connectivity index (χ0) is 15.8. The molecule has 2 rings (SSSR count). The van der Waals surface area contributed by atoms with Crippen molar-refractivity contribution in [2.45, 2.75) is 20.4 Å². The van der Waals surface area contributed by atoms with E-state index in [1.165, 1.54) is 0 Å². The second kappa shape index (κ2) is 7.97. The molecule has 22 heavy (non-hydrogen) atoms. The van der Waals surface area contributed by atoms with Gasteiger partial charge in [0.05, 0.1) is 18.8 Å². The van der Waals surface area contributed by atoms with Crippen LogP contribution >= 0.6 is 0 Å². The van der Waals surface area contributed by atoms with E-state index in [9.17, 15) is 4.79 Å². The zero-order valence-corrected chi connectivity index (χ0v) is 12.8. The number of rotatable bonds is 6. The van der Waals surface area contributed by atoms with Gasteiger partial charge in [-0.05, 0) is 31.5 Å². The Bertz CT molecular complexity index is 631. The molecule has 2 N–H and O–H groups in total. The number of amides is 2. The van der Waals surface area contributed by atoms with Gasteiger partial charge >= 0.3 is 6.03 Å². The minimum absolute atomic E-state index is 0.246. The van der Waals surface area contributed by atoms with Gasteiger partial charge in [-0.3, -0.25) is 0 Å². The molecule has 6 nitrogen and oxygen atoms in total. The molecule has 1 aromatic carbocycles. The Labute approximate surface area is 129 Å². The minimum atomic E-state index is -0.246. The molecule has 1 aromatic heterocycles. The molecule has 0 saturated heterocycles. The molecule has 2 amide bonds. The first-order valence-electron chi connectivity index (χ1n) is 7.14. The number of hydrogen-bond donors (Lipinski definition) is 2. The van der Waals surface area contributed by atoms with Gasteiger partial charge in [0, 0.05) is 6.20 Å². The number of aromatic nitrogens is 2. The summed E-state index contributed by atoms with van der Waals surface area (Å²) in [6.45, 7) is 5.02. The van der Waals surface area contributed by atoms with Crippen LogP contribution in [0.2, 0.25) is 0 Å². The normalized spacial score (nSPS) is 10.1. The number of urea groups is 1. The van der Waals surface area contributed by atoms with Crippen LogP contribution in [0.4, 0.5) is 4.79 Å². The van der Waals surface area contributed by atoms with Crippen molar-refractivity contribution >= 4 is 6.03 Å². The average Bonchev–Trinajstić information content (AvgIpc) is 2.51. The lowest BCUT2D eigenvalue weighted by molar-refractivity contribution is 0.236. The van der Waals surface area contributed by atoms with Crippen molar-refractivity contribution in [1.29, 1.82) is 0 Å². The van der Waals surface area contributed by atoms with Gasteiger partial charge < -0.3 is 15.4 Å². The zero-order valence-electron chi connectivity index (χ0n) is 12.8. The summed E-state index contributed by atoms with van der Waals surface area (Å²) in [6, 6.07) is 9.31. The number of aryl methyl sites for hydroxylation is 2. The van der Waals surface area contributed by atoms with Crippen LogP contribution in [0, 0.1) is 13.8 Å². The van der Waals surface area contributed by atoms with Crippen molar-refractivity contribution in [2.75, 3.05) is 13.2 Å². The van der Waals surface area contributed by atoms with Gasteiger partial charge in [-0.1, -0.05) is 18.2 Å². The second-order valence-electron chi connectivity index (χ2n) is 4.82. The van der Waals surface area contributed by atoms with Crippen molar-refractivity contribution in [1.82, 2.24) is 20.6 Å². The summed E-state index contributed by atoms with van der Waals surface area (Å²) in [6.07, 6.45) is 1.67. The number of benzene rings is 1. The van der Waals surface area contributed by atoms with E-state index in [1.807, 2.05) is 38.1 Å². The van der Waals surface area contributed by atoms with Crippen molar-refractivity contribution in [3.63, 3.8) is 0 Å².